The Labute approximate surface area is 218 Å². The van der Waals surface area contributed by atoms with Crippen molar-refractivity contribution in [1.29, 1.82) is 5.26 Å². The van der Waals surface area contributed by atoms with Gasteiger partial charge in [-0.2, -0.15) is 13.7 Å². The average Bonchev–Trinajstić information content (AvgIpc) is 3.48. The van der Waals surface area contributed by atoms with Crippen LogP contribution in [0.1, 0.15) is 55.7 Å². The third kappa shape index (κ3) is 7.22. The predicted molar refractivity (Wildman–Crippen MR) is 139 cm³/mol. The molecule has 2 fully saturated rings. The van der Waals surface area contributed by atoms with Gasteiger partial charge in [-0.15, -0.1) is 0 Å². The standard InChI is InChI=1S/C20H27N3O3.C7H8O3S/c1-12(2)26-16-7-13(3)19(18(24)9-16)14-8-17(22-11-14)20(25)23-6-4-5-15(23)10-21;1-6-2-4-7(5-3-6)11(8,9)10/h7,9,12,14-15,17,22,24H,4-6,8,11H2,1-3H3;2-5H,1H3,(H,8,9,10)/t14-,15-,17-;/m0./s1. The quantitative estimate of drug-likeness (QED) is 0.498. The summed E-state index contributed by atoms with van der Waals surface area (Å²) in [5, 5.41) is 23.0. The second kappa shape index (κ2) is 11.9. The van der Waals surface area contributed by atoms with Crippen molar-refractivity contribution < 1.29 is 27.6 Å². The lowest BCUT2D eigenvalue weighted by atomic mass is 9.91. The van der Waals surface area contributed by atoms with Gasteiger partial charge in [-0.1, -0.05) is 17.7 Å². The van der Waals surface area contributed by atoms with E-state index in [1.54, 1.807) is 23.1 Å². The summed E-state index contributed by atoms with van der Waals surface area (Å²) in [4.78, 5) is 14.4. The molecule has 3 atom stereocenters. The minimum atomic E-state index is -4.02. The lowest BCUT2D eigenvalue weighted by Gasteiger charge is -2.23. The molecule has 0 spiro atoms. The van der Waals surface area contributed by atoms with Crippen LogP contribution in [0.15, 0.2) is 41.3 Å². The van der Waals surface area contributed by atoms with E-state index < -0.39 is 10.1 Å². The van der Waals surface area contributed by atoms with Gasteiger partial charge in [-0.25, -0.2) is 0 Å². The van der Waals surface area contributed by atoms with Gasteiger partial charge in [0, 0.05) is 30.6 Å². The van der Waals surface area contributed by atoms with Crippen molar-refractivity contribution in [2.45, 2.75) is 76.0 Å². The summed E-state index contributed by atoms with van der Waals surface area (Å²) < 4.78 is 35.2. The van der Waals surface area contributed by atoms with Gasteiger partial charge >= 0.3 is 0 Å². The molecule has 0 saturated carbocycles. The fourth-order valence-electron chi connectivity index (χ4n) is 4.84. The zero-order valence-electron chi connectivity index (χ0n) is 21.6. The van der Waals surface area contributed by atoms with Crippen molar-refractivity contribution in [3.8, 4) is 17.6 Å². The lowest BCUT2D eigenvalue weighted by molar-refractivity contribution is -0.133. The van der Waals surface area contributed by atoms with E-state index >= 15 is 0 Å². The van der Waals surface area contributed by atoms with E-state index in [4.69, 9.17) is 9.29 Å². The fourth-order valence-corrected chi connectivity index (χ4v) is 5.32. The van der Waals surface area contributed by atoms with Gasteiger partial charge in [0.2, 0.25) is 5.91 Å². The van der Waals surface area contributed by atoms with Crippen LogP contribution in [0.3, 0.4) is 0 Å². The van der Waals surface area contributed by atoms with Crippen LogP contribution < -0.4 is 10.1 Å². The van der Waals surface area contributed by atoms with Crippen LogP contribution in [0.25, 0.3) is 0 Å². The van der Waals surface area contributed by atoms with E-state index in [2.05, 4.69) is 11.4 Å². The van der Waals surface area contributed by atoms with E-state index in [-0.39, 0.29) is 40.7 Å². The number of phenolic OH excluding ortho intramolecular Hbond substituents is 1. The number of amides is 1. The van der Waals surface area contributed by atoms with Crippen molar-refractivity contribution in [2.24, 2.45) is 0 Å². The Morgan fingerprint density at radius 1 is 1.22 bits per heavy atom. The summed E-state index contributed by atoms with van der Waals surface area (Å²) in [6.45, 7) is 9.00. The van der Waals surface area contributed by atoms with Gasteiger partial charge in [0.15, 0.2) is 0 Å². The maximum atomic E-state index is 12.8. The van der Waals surface area contributed by atoms with Crippen LogP contribution in [0.5, 0.6) is 11.5 Å². The number of nitrogens with one attached hydrogen (secondary N) is 1. The van der Waals surface area contributed by atoms with E-state index in [0.29, 0.717) is 25.3 Å². The maximum absolute atomic E-state index is 12.8. The summed E-state index contributed by atoms with van der Waals surface area (Å²) in [6.07, 6.45) is 2.32. The number of ether oxygens (including phenoxy) is 1. The summed E-state index contributed by atoms with van der Waals surface area (Å²) in [5.41, 5.74) is 2.80. The van der Waals surface area contributed by atoms with Gasteiger partial charge in [-0.05, 0) is 70.7 Å². The maximum Gasteiger partial charge on any atom is 0.294 e. The van der Waals surface area contributed by atoms with Crippen molar-refractivity contribution in [3.63, 3.8) is 0 Å². The molecular weight excluding hydrogens is 494 g/mol. The van der Waals surface area contributed by atoms with Crippen molar-refractivity contribution in [1.82, 2.24) is 10.2 Å². The Hall–Kier alpha value is -3.13. The summed E-state index contributed by atoms with van der Waals surface area (Å²) in [7, 11) is -4.02. The molecule has 4 rings (SSSR count). The molecule has 37 heavy (non-hydrogen) atoms. The number of hydrogen-bond acceptors (Lipinski definition) is 7. The Balaban J connectivity index is 0.000000289. The first kappa shape index (κ1) is 28.4. The molecular formula is C27H35N3O6S. The molecule has 0 aromatic heterocycles. The number of carbonyl (C=O) groups excluding carboxylic acids is 1. The van der Waals surface area contributed by atoms with E-state index in [0.717, 1.165) is 29.5 Å². The average molecular weight is 530 g/mol. The van der Waals surface area contributed by atoms with Gasteiger partial charge in [0.1, 0.15) is 17.5 Å². The highest BCUT2D eigenvalue weighted by Crippen LogP contribution is 2.38. The van der Waals surface area contributed by atoms with Crippen LogP contribution in [0.2, 0.25) is 0 Å². The highest BCUT2D eigenvalue weighted by atomic mass is 32.2. The number of hydrogen-bond donors (Lipinski definition) is 3. The van der Waals surface area contributed by atoms with Crippen LogP contribution >= 0.6 is 0 Å². The zero-order valence-corrected chi connectivity index (χ0v) is 22.5. The second-order valence-corrected chi connectivity index (χ2v) is 11.3. The number of aryl methyl sites for hydroxylation is 2. The zero-order chi connectivity index (χ0) is 27.3. The molecule has 2 aromatic carbocycles. The van der Waals surface area contributed by atoms with Crippen molar-refractivity contribution >= 4 is 16.0 Å². The largest absolute Gasteiger partial charge is 0.508 e. The van der Waals surface area contributed by atoms with Crippen molar-refractivity contribution in [3.05, 3.63) is 53.1 Å². The molecule has 1 amide bonds. The van der Waals surface area contributed by atoms with E-state index in [1.165, 1.54) is 12.1 Å². The van der Waals surface area contributed by atoms with Gasteiger partial charge < -0.3 is 20.1 Å². The molecule has 0 unspecified atom stereocenters. The monoisotopic (exact) mass is 529 g/mol. The Morgan fingerprint density at radius 3 is 2.46 bits per heavy atom. The van der Waals surface area contributed by atoms with Gasteiger partial charge in [0.05, 0.1) is 23.1 Å². The molecule has 0 radical (unpaired) electrons. The molecule has 200 valence electrons. The molecule has 10 heteroatoms. The SMILES string of the molecule is Cc1cc(OC(C)C)cc(O)c1[C@@H]1CN[C@H](C(=O)N2CCC[C@H]2C#N)C1.Cc1ccc(S(=O)(=O)O)cc1. The summed E-state index contributed by atoms with van der Waals surface area (Å²) in [5.74, 6) is 0.955. The van der Waals surface area contributed by atoms with Crippen molar-refractivity contribution in [2.75, 3.05) is 13.1 Å². The van der Waals surface area contributed by atoms with E-state index in [9.17, 15) is 23.6 Å². The first-order valence-electron chi connectivity index (χ1n) is 12.4. The number of carbonyl (C=O) groups is 1. The molecule has 2 aromatic rings. The smallest absolute Gasteiger partial charge is 0.294 e. The molecule has 3 N–H and O–H groups in total. The fraction of sp³-hybridized carbons (Fsp3) is 0.481. The summed E-state index contributed by atoms with van der Waals surface area (Å²) >= 11 is 0. The third-order valence-electron chi connectivity index (χ3n) is 6.55. The van der Waals surface area contributed by atoms with Gasteiger partial charge in [0.25, 0.3) is 10.1 Å². The van der Waals surface area contributed by atoms with Crippen LogP contribution in [0, 0.1) is 25.2 Å². The van der Waals surface area contributed by atoms with Crippen LogP contribution in [-0.4, -0.2) is 60.2 Å². The Kier molecular flexibility index (Phi) is 9.18. The number of rotatable bonds is 5. The minimum Gasteiger partial charge on any atom is -0.508 e. The summed E-state index contributed by atoms with van der Waals surface area (Å²) in [6, 6.07) is 11.2. The molecule has 0 aliphatic carbocycles. The highest BCUT2D eigenvalue weighted by molar-refractivity contribution is 7.85. The number of nitrogens with zero attached hydrogens (tertiary/aromatic N) is 2. The normalized spacial score (nSPS) is 21.3. The number of nitriles is 1. The molecule has 9 nitrogen and oxygen atoms in total. The molecule has 2 aliphatic rings. The molecule has 2 saturated heterocycles. The van der Waals surface area contributed by atoms with Crippen LogP contribution in [-0.2, 0) is 14.9 Å². The second-order valence-electron chi connectivity index (χ2n) is 9.84. The molecule has 0 bridgehead atoms. The van der Waals surface area contributed by atoms with E-state index in [1.807, 2.05) is 33.8 Å². The topological polar surface area (TPSA) is 140 Å². The lowest BCUT2D eigenvalue weighted by Crippen LogP contribution is -2.45. The van der Waals surface area contributed by atoms with Crippen LogP contribution in [0.4, 0.5) is 0 Å². The first-order chi connectivity index (χ1) is 17.4. The minimum absolute atomic E-state index is 0.00783. The predicted octanol–water partition coefficient (Wildman–Crippen LogP) is 3.69. The van der Waals surface area contributed by atoms with Gasteiger partial charge in [-0.3, -0.25) is 9.35 Å². The number of benzene rings is 2. The number of likely N-dealkylation sites (tertiary alicyclic amines) is 1. The molecule has 2 heterocycles. The number of aromatic hydroxyl groups is 1. The Bertz CT molecular complexity index is 1230. The molecule has 2 aliphatic heterocycles. The first-order valence-corrected chi connectivity index (χ1v) is 13.8. The Morgan fingerprint density at radius 2 is 1.89 bits per heavy atom. The third-order valence-corrected chi connectivity index (χ3v) is 7.42. The highest BCUT2D eigenvalue weighted by Gasteiger charge is 2.38. The number of phenols is 1.